The molecule has 0 radical (unpaired) electrons. The van der Waals surface area contributed by atoms with E-state index < -0.39 is 0 Å². The molecule has 0 N–H and O–H groups in total. The van der Waals surface area contributed by atoms with E-state index in [-0.39, 0.29) is 0 Å². The Hall–Kier alpha value is -5.48. The van der Waals surface area contributed by atoms with E-state index in [9.17, 15) is 0 Å². The van der Waals surface area contributed by atoms with Crippen molar-refractivity contribution >= 4 is 33.1 Å². The summed E-state index contributed by atoms with van der Waals surface area (Å²) in [6.07, 6.45) is 0. The van der Waals surface area contributed by atoms with Crippen LogP contribution in [0.4, 0.5) is 0 Å². The van der Waals surface area contributed by atoms with E-state index in [1.165, 1.54) is 0 Å². The van der Waals surface area contributed by atoms with Gasteiger partial charge in [0.05, 0.1) is 28.0 Å². The van der Waals surface area contributed by atoms with Gasteiger partial charge in [0, 0.05) is 21.9 Å². The minimum atomic E-state index is 0.629. The van der Waals surface area contributed by atoms with E-state index in [1.54, 1.807) is 0 Å². The molecule has 41 heavy (non-hydrogen) atoms. The maximum atomic E-state index is 6.62. The van der Waals surface area contributed by atoms with Gasteiger partial charge in [0.2, 0.25) is 5.71 Å². The molecule has 0 aliphatic carbocycles. The Morgan fingerprint density at radius 1 is 0.585 bits per heavy atom. The molecule has 0 fully saturated rings. The zero-order valence-electron chi connectivity index (χ0n) is 22.5. The van der Waals surface area contributed by atoms with Crippen LogP contribution in [0, 0.1) is 6.92 Å². The van der Waals surface area contributed by atoms with Gasteiger partial charge < -0.3 is 4.42 Å². The first-order valence-corrected chi connectivity index (χ1v) is 13.8. The standard InChI is InChI=1S/C37H25N3O/c1-24-20-21-29(35-34(24)28-22-23-30(39-37(28)41-35)26-14-6-3-7-15-26)36-38-31-17-9-11-19-33(31)40(36)32-18-10-8-16-27(32)25-12-4-2-5-13-25/h2-23H,1H3. The first-order chi connectivity index (χ1) is 20.3. The lowest BCUT2D eigenvalue weighted by Crippen LogP contribution is -2.00. The molecule has 3 aromatic heterocycles. The zero-order chi connectivity index (χ0) is 27.3. The van der Waals surface area contributed by atoms with Gasteiger partial charge in [0.15, 0.2) is 0 Å². The summed E-state index contributed by atoms with van der Waals surface area (Å²) < 4.78 is 8.88. The highest BCUT2D eigenvalue weighted by Crippen LogP contribution is 2.40. The minimum Gasteiger partial charge on any atom is -0.437 e. The van der Waals surface area contributed by atoms with Gasteiger partial charge in [-0.05, 0) is 54.4 Å². The predicted octanol–water partition coefficient (Wildman–Crippen LogP) is 9.63. The van der Waals surface area contributed by atoms with Gasteiger partial charge >= 0.3 is 0 Å². The molecule has 0 bridgehead atoms. The van der Waals surface area contributed by atoms with E-state index in [1.807, 2.05) is 30.3 Å². The summed E-state index contributed by atoms with van der Waals surface area (Å²) in [6.45, 7) is 2.12. The maximum Gasteiger partial charge on any atom is 0.227 e. The number of nitrogens with zero attached hydrogens (tertiary/aromatic N) is 3. The van der Waals surface area contributed by atoms with Gasteiger partial charge in [0.25, 0.3) is 0 Å². The van der Waals surface area contributed by atoms with Crippen molar-refractivity contribution in [1.29, 1.82) is 0 Å². The second-order valence-electron chi connectivity index (χ2n) is 10.3. The first-order valence-electron chi connectivity index (χ1n) is 13.8. The van der Waals surface area contributed by atoms with Crippen LogP contribution < -0.4 is 0 Å². The van der Waals surface area contributed by atoms with E-state index in [0.29, 0.717) is 5.71 Å². The number of rotatable bonds is 4. The average Bonchev–Trinajstić information content (AvgIpc) is 3.61. The number of imidazole rings is 1. The number of benzene rings is 5. The smallest absolute Gasteiger partial charge is 0.227 e. The predicted molar refractivity (Wildman–Crippen MR) is 167 cm³/mol. The van der Waals surface area contributed by atoms with E-state index in [4.69, 9.17) is 14.4 Å². The largest absolute Gasteiger partial charge is 0.437 e. The van der Waals surface area contributed by atoms with Crippen molar-refractivity contribution in [3.8, 4) is 39.5 Å². The third-order valence-corrected chi connectivity index (χ3v) is 7.80. The first kappa shape index (κ1) is 23.4. The average molecular weight is 528 g/mol. The third kappa shape index (κ3) is 3.76. The molecule has 0 atom stereocenters. The monoisotopic (exact) mass is 527 g/mol. The van der Waals surface area contributed by atoms with E-state index >= 15 is 0 Å². The molecule has 5 aromatic carbocycles. The van der Waals surface area contributed by atoms with E-state index in [0.717, 1.165) is 72.4 Å². The summed E-state index contributed by atoms with van der Waals surface area (Å²) in [5.41, 5.74) is 10.8. The van der Waals surface area contributed by atoms with Crippen LogP contribution in [0.1, 0.15) is 5.56 Å². The second kappa shape index (κ2) is 9.32. The fourth-order valence-electron chi connectivity index (χ4n) is 5.85. The normalized spacial score (nSPS) is 11.5. The van der Waals surface area contributed by atoms with Crippen molar-refractivity contribution in [2.75, 3.05) is 0 Å². The van der Waals surface area contributed by atoms with Gasteiger partial charge in [-0.25, -0.2) is 9.97 Å². The van der Waals surface area contributed by atoms with Gasteiger partial charge in [-0.2, -0.15) is 0 Å². The Labute approximate surface area is 237 Å². The van der Waals surface area contributed by atoms with Crippen molar-refractivity contribution < 1.29 is 4.42 Å². The molecule has 8 rings (SSSR count). The molecule has 194 valence electrons. The van der Waals surface area contributed by atoms with Gasteiger partial charge in [0.1, 0.15) is 11.4 Å². The molecule has 0 unspecified atom stereocenters. The third-order valence-electron chi connectivity index (χ3n) is 7.80. The van der Waals surface area contributed by atoms with Crippen molar-refractivity contribution in [3.63, 3.8) is 0 Å². The Morgan fingerprint density at radius 2 is 1.29 bits per heavy atom. The summed E-state index contributed by atoms with van der Waals surface area (Å²) in [7, 11) is 0. The van der Waals surface area contributed by atoms with Crippen LogP contribution in [0.5, 0.6) is 0 Å². The van der Waals surface area contributed by atoms with Crippen LogP contribution in [-0.4, -0.2) is 14.5 Å². The number of aryl methyl sites for hydroxylation is 1. The summed E-state index contributed by atoms with van der Waals surface area (Å²) in [4.78, 5) is 10.1. The molecule has 0 aliphatic heterocycles. The molecule has 0 aliphatic rings. The van der Waals surface area contributed by atoms with Crippen LogP contribution in [0.3, 0.4) is 0 Å². The van der Waals surface area contributed by atoms with Gasteiger partial charge in [-0.3, -0.25) is 4.57 Å². The summed E-state index contributed by atoms with van der Waals surface area (Å²) in [6, 6.07) is 46.0. The topological polar surface area (TPSA) is 43.9 Å². The molecule has 8 aromatic rings. The number of aromatic nitrogens is 3. The molecule has 0 saturated carbocycles. The van der Waals surface area contributed by atoms with Crippen LogP contribution in [0.15, 0.2) is 138 Å². The number of pyridine rings is 1. The number of hydrogen-bond donors (Lipinski definition) is 0. The number of furan rings is 1. The Bertz CT molecular complexity index is 2210. The van der Waals surface area contributed by atoms with Crippen molar-refractivity contribution in [2.45, 2.75) is 6.92 Å². The molecule has 0 amide bonds. The molecular formula is C37H25N3O. The molecule has 3 heterocycles. The Balaban J connectivity index is 1.42. The lowest BCUT2D eigenvalue weighted by molar-refractivity contribution is 0.655. The molecule has 0 saturated heterocycles. The maximum absolute atomic E-state index is 6.62. The summed E-state index contributed by atoms with van der Waals surface area (Å²) in [5.74, 6) is 0.835. The SMILES string of the molecule is Cc1ccc(-c2nc3ccccc3n2-c2ccccc2-c2ccccc2)c2oc3nc(-c4ccccc4)ccc3c12. The quantitative estimate of drug-likeness (QED) is 0.229. The summed E-state index contributed by atoms with van der Waals surface area (Å²) in [5, 5.41) is 2.07. The van der Waals surface area contributed by atoms with Crippen molar-refractivity contribution in [3.05, 3.63) is 139 Å². The highest BCUT2D eigenvalue weighted by atomic mass is 16.3. The van der Waals surface area contributed by atoms with Gasteiger partial charge in [-0.15, -0.1) is 0 Å². The van der Waals surface area contributed by atoms with Crippen LogP contribution in [-0.2, 0) is 0 Å². The van der Waals surface area contributed by atoms with Crippen LogP contribution in [0.25, 0.3) is 72.6 Å². The van der Waals surface area contributed by atoms with Gasteiger partial charge in [-0.1, -0.05) is 97.1 Å². The molecule has 4 nitrogen and oxygen atoms in total. The van der Waals surface area contributed by atoms with Crippen LogP contribution in [0.2, 0.25) is 0 Å². The number of para-hydroxylation sites is 3. The number of fused-ring (bicyclic) bond motifs is 4. The lowest BCUT2D eigenvalue weighted by atomic mass is 10.0. The fraction of sp³-hybridized carbons (Fsp3) is 0.0270. The second-order valence-corrected chi connectivity index (χ2v) is 10.3. The Morgan fingerprint density at radius 3 is 2.12 bits per heavy atom. The highest BCUT2D eigenvalue weighted by Gasteiger charge is 2.22. The van der Waals surface area contributed by atoms with Crippen LogP contribution >= 0.6 is 0 Å². The highest BCUT2D eigenvalue weighted by molar-refractivity contribution is 6.10. The minimum absolute atomic E-state index is 0.629. The molecule has 0 spiro atoms. The lowest BCUT2D eigenvalue weighted by Gasteiger charge is -2.15. The zero-order valence-corrected chi connectivity index (χ0v) is 22.5. The van der Waals surface area contributed by atoms with E-state index in [2.05, 4.69) is 115 Å². The molecule has 4 heteroatoms. The fourth-order valence-corrected chi connectivity index (χ4v) is 5.85. The molecular weight excluding hydrogens is 502 g/mol. The number of hydrogen-bond acceptors (Lipinski definition) is 3. The van der Waals surface area contributed by atoms with Crippen molar-refractivity contribution in [2.24, 2.45) is 0 Å². The summed E-state index contributed by atoms with van der Waals surface area (Å²) >= 11 is 0. The van der Waals surface area contributed by atoms with Crippen molar-refractivity contribution in [1.82, 2.24) is 14.5 Å². The Kier molecular flexibility index (Phi) is 5.32.